The largest absolute Gasteiger partial charge is 0.382 e. The summed E-state index contributed by atoms with van der Waals surface area (Å²) in [6, 6.07) is 4.43. The molecule has 0 fully saturated rings. The summed E-state index contributed by atoms with van der Waals surface area (Å²) in [7, 11) is 0. The minimum Gasteiger partial charge on any atom is -0.382 e. The Labute approximate surface area is 146 Å². The highest BCUT2D eigenvalue weighted by atomic mass is 79.9. The Hall–Kier alpha value is -2.22. The Kier molecular flexibility index (Phi) is 4.66. The quantitative estimate of drug-likeness (QED) is 0.864. The van der Waals surface area contributed by atoms with Gasteiger partial charge in [-0.1, -0.05) is 21.1 Å². The number of nitrogens with one attached hydrogen (secondary N) is 1. The van der Waals surface area contributed by atoms with Gasteiger partial charge in [-0.2, -0.15) is 5.10 Å². The van der Waals surface area contributed by atoms with E-state index in [-0.39, 0.29) is 5.69 Å². The number of carbonyl (C=O) groups is 1. The van der Waals surface area contributed by atoms with Gasteiger partial charge in [0.05, 0.1) is 17.1 Å². The molecule has 2 heterocycles. The SMILES string of the molecule is CCn1cc(C2=NOC(C(=O)Nc3ccc(Br)cc3F)C2)c(C)n1. The van der Waals surface area contributed by atoms with Gasteiger partial charge in [0, 0.05) is 29.2 Å². The van der Waals surface area contributed by atoms with Crippen LogP contribution in [0.3, 0.4) is 0 Å². The van der Waals surface area contributed by atoms with E-state index in [4.69, 9.17) is 4.84 Å². The lowest BCUT2D eigenvalue weighted by Gasteiger charge is -2.10. The first kappa shape index (κ1) is 16.6. The number of hydrogen-bond acceptors (Lipinski definition) is 4. The summed E-state index contributed by atoms with van der Waals surface area (Å²) in [6.07, 6.45) is 1.42. The molecule has 8 heteroatoms. The lowest BCUT2D eigenvalue weighted by Crippen LogP contribution is -2.28. The van der Waals surface area contributed by atoms with Crippen LogP contribution in [0, 0.1) is 12.7 Å². The van der Waals surface area contributed by atoms with Crippen LogP contribution in [0.5, 0.6) is 0 Å². The smallest absolute Gasteiger partial charge is 0.268 e. The zero-order valence-corrected chi connectivity index (χ0v) is 14.8. The number of oxime groups is 1. The van der Waals surface area contributed by atoms with E-state index in [0.717, 1.165) is 17.8 Å². The third-order valence-corrected chi connectivity index (χ3v) is 4.22. The van der Waals surface area contributed by atoms with Crippen LogP contribution in [0.15, 0.2) is 34.0 Å². The minimum absolute atomic E-state index is 0.107. The molecule has 24 heavy (non-hydrogen) atoms. The van der Waals surface area contributed by atoms with Crippen LogP contribution in [0.1, 0.15) is 24.6 Å². The van der Waals surface area contributed by atoms with Crippen LogP contribution in [0.4, 0.5) is 10.1 Å². The highest BCUT2D eigenvalue weighted by molar-refractivity contribution is 9.10. The molecule has 0 aliphatic carbocycles. The van der Waals surface area contributed by atoms with Gasteiger partial charge in [-0.25, -0.2) is 4.39 Å². The van der Waals surface area contributed by atoms with Crippen LogP contribution in [-0.2, 0) is 16.2 Å². The van der Waals surface area contributed by atoms with E-state index in [1.54, 1.807) is 10.7 Å². The first-order valence-electron chi connectivity index (χ1n) is 7.51. The van der Waals surface area contributed by atoms with Crippen molar-refractivity contribution in [2.24, 2.45) is 5.16 Å². The molecule has 0 bridgehead atoms. The topological polar surface area (TPSA) is 68.5 Å². The van der Waals surface area contributed by atoms with Crippen molar-refractivity contribution in [3.8, 4) is 0 Å². The van der Waals surface area contributed by atoms with Gasteiger partial charge in [-0.3, -0.25) is 9.48 Å². The molecular weight excluding hydrogens is 379 g/mol. The van der Waals surface area contributed by atoms with Crippen LogP contribution < -0.4 is 5.32 Å². The molecule has 1 aliphatic rings. The second kappa shape index (κ2) is 6.72. The summed E-state index contributed by atoms with van der Waals surface area (Å²) in [5.74, 6) is -0.951. The first-order chi connectivity index (χ1) is 11.5. The lowest BCUT2D eigenvalue weighted by molar-refractivity contribution is -0.125. The summed E-state index contributed by atoms with van der Waals surface area (Å²) in [5.41, 5.74) is 2.47. The average Bonchev–Trinajstić information content (AvgIpc) is 3.16. The van der Waals surface area contributed by atoms with Crippen molar-refractivity contribution in [3.05, 3.63) is 45.9 Å². The molecule has 0 radical (unpaired) electrons. The summed E-state index contributed by atoms with van der Waals surface area (Å²) in [6.45, 7) is 4.63. The second-order valence-corrected chi connectivity index (χ2v) is 6.35. The molecule has 0 spiro atoms. The molecule has 1 amide bonds. The van der Waals surface area contributed by atoms with Crippen molar-refractivity contribution in [2.75, 3.05) is 5.32 Å². The third kappa shape index (κ3) is 3.33. The Morgan fingerprint density at radius 2 is 2.33 bits per heavy atom. The number of carbonyl (C=O) groups excluding carboxylic acids is 1. The molecule has 1 unspecified atom stereocenters. The maximum Gasteiger partial charge on any atom is 0.268 e. The Morgan fingerprint density at radius 3 is 3.00 bits per heavy atom. The van der Waals surface area contributed by atoms with Crippen LogP contribution in [0.2, 0.25) is 0 Å². The third-order valence-electron chi connectivity index (χ3n) is 3.73. The van der Waals surface area contributed by atoms with Crippen molar-refractivity contribution < 1.29 is 14.0 Å². The fourth-order valence-electron chi connectivity index (χ4n) is 2.44. The van der Waals surface area contributed by atoms with E-state index in [0.29, 0.717) is 16.6 Å². The number of aryl methyl sites for hydroxylation is 2. The fraction of sp³-hybridized carbons (Fsp3) is 0.312. The van der Waals surface area contributed by atoms with Gasteiger partial charge in [-0.05, 0) is 32.0 Å². The Bertz CT molecular complexity index is 818. The fourth-order valence-corrected chi connectivity index (χ4v) is 2.78. The normalized spacial score (nSPS) is 16.7. The second-order valence-electron chi connectivity index (χ2n) is 5.43. The molecule has 1 aliphatic heterocycles. The standard InChI is InChI=1S/C16H16BrFN4O2/c1-3-22-8-11(9(2)20-22)14-7-15(24-21-14)16(23)19-13-5-4-10(17)6-12(13)18/h4-6,8,15H,3,7H2,1-2H3,(H,19,23). The zero-order chi connectivity index (χ0) is 17.3. The molecule has 6 nitrogen and oxygen atoms in total. The summed E-state index contributed by atoms with van der Waals surface area (Å²) >= 11 is 3.17. The van der Waals surface area contributed by atoms with E-state index in [1.165, 1.54) is 12.1 Å². The molecule has 1 atom stereocenters. The number of nitrogens with zero attached hydrogens (tertiary/aromatic N) is 3. The monoisotopic (exact) mass is 394 g/mol. The van der Waals surface area contributed by atoms with Gasteiger partial charge < -0.3 is 10.2 Å². The minimum atomic E-state index is -0.785. The highest BCUT2D eigenvalue weighted by Crippen LogP contribution is 2.23. The molecule has 126 valence electrons. The Balaban J connectivity index is 1.67. The van der Waals surface area contributed by atoms with E-state index < -0.39 is 17.8 Å². The molecule has 1 aromatic heterocycles. The average molecular weight is 395 g/mol. The summed E-state index contributed by atoms with van der Waals surface area (Å²) < 4.78 is 16.2. The van der Waals surface area contributed by atoms with E-state index in [9.17, 15) is 9.18 Å². The molecule has 1 N–H and O–H groups in total. The van der Waals surface area contributed by atoms with Crippen molar-refractivity contribution in [1.82, 2.24) is 9.78 Å². The number of anilines is 1. The highest BCUT2D eigenvalue weighted by Gasteiger charge is 2.30. The van der Waals surface area contributed by atoms with Crippen LogP contribution in [-0.4, -0.2) is 27.5 Å². The van der Waals surface area contributed by atoms with Crippen molar-refractivity contribution in [2.45, 2.75) is 32.9 Å². The number of halogens is 2. The molecule has 3 rings (SSSR count). The van der Waals surface area contributed by atoms with Crippen molar-refractivity contribution in [1.29, 1.82) is 0 Å². The van der Waals surface area contributed by atoms with Crippen LogP contribution >= 0.6 is 15.9 Å². The molecule has 1 aromatic carbocycles. The van der Waals surface area contributed by atoms with Gasteiger partial charge in [0.25, 0.3) is 5.91 Å². The predicted octanol–water partition coefficient (Wildman–Crippen LogP) is 3.24. The molecule has 0 saturated heterocycles. The Morgan fingerprint density at radius 1 is 1.54 bits per heavy atom. The lowest BCUT2D eigenvalue weighted by atomic mass is 10.1. The molecular formula is C16H16BrFN4O2. The number of amides is 1. The number of hydrogen-bond donors (Lipinski definition) is 1. The van der Waals surface area contributed by atoms with E-state index in [2.05, 4.69) is 31.5 Å². The first-order valence-corrected chi connectivity index (χ1v) is 8.30. The molecule has 2 aromatic rings. The number of rotatable bonds is 4. The number of aromatic nitrogens is 2. The summed E-state index contributed by atoms with van der Waals surface area (Å²) in [4.78, 5) is 17.5. The molecule has 0 saturated carbocycles. The van der Waals surface area contributed by atoms with Gasteiger partial charge in [-0.15, -0.1) is 0 Å². The maximum absolute atomic E-state index is 13.8. The van der Waals surface area contributed by atoms with Crippen LogP contribution in [0.25, 0.3) is 0 Å². The number of benzene rings is 1. The van der Waals surface area contributed by atoms with Crippen molar-refractivity contribution >= 4 is 33.2 Å². The predicted molar refractivity (Wildman–Crippen MR) is 91.4 cm³/mol. The van der Waals surface area contributed by atoms with E-state index >= 15 is 0 Å². The maximum atomic E-state index is 13.8. The summed E-state index contributed by atoms with van der Waals surface area (Å²) in [5, 5.41) is 10.9. The van der Waals surface area contributed by atoms with E-state index in [1.807, 2.05) is 20.0 Å². The van der Waals surface area contributed by atoms with Gasteiger partial charge >= 0.3 is 0 Å². The zero-order valence-electron chi connectivity index (χ0n) is 13.2. The van der Waals surface area contributed by atoms with Crippen molar-refractivity contribution in [3.63, 3.8) is 0 Å². The van der Waals surface area contributed by atoms with Gasteiger partial charge in [0.2, 0.25) is 6.10 Å². The van der Waals surface area contributed by atoms with Gasteiger partial charge in [0.15, 0.2) is 0 Å². The van der Waals surface area contributed by atoms with Gasteiger partial charge in [0.1, 0.15) is 5.82 Å².